The summed E-state index contributed by atoms with van der Waals surface area (Å²) in [6.45, 7) is 6.92. The maximum atomic E-state index is 13.0. The molecule has 0 spiro atoms. The summed E-state index contributed by atoms with van der Waals surface area (Å²) in [7, 11) is 0. The van der Waals surface area contributed by atoms with Gasteiger partial charge in [0.2, 0.25) is 11.8 Å². The van der Waals surface area contributed by atoms with Crippen LogP contribution in [0.2, 0.25) is 0 Å². The molecule has 0 fully saturated rings. The molecule has 0 heterocycles. The molecule has 1 rings (SSSR count). The van der Waals surface area contributed by atoms with Crippen molar-refractivity contribution in [1.29, 1.82) is 0 Å². The van der Waals surface area contributed by atoms with Crippen molar-refractivity contribution in [1.82, 2.24) is 5.32 Å². The van der Waals surface area contributed by atoms with E-state index in [1.54, 1.807) is 31.2 Å². The maximum absolute atomic E-state index is 13.0. The highest BCUT2D eigenvalue weighted by Gasteiger charge is 2.33. The number of hydrogen-bond acceptors (Lipinski definition) is 4. The van der Waals surface area contributed by atoms with Crippen LogP contribution in [0.15, 0.2) is 30.3 Å². The quantitative estimate of drug-likeness (QED) is 0.623. The predicted molar refractivity (Wildman–Crippen MR) is 96.1 cm³/mol. The minimum atomic E-state index is -1.06. The summed E-state index contributed by atoms with van der Waals surface area (Å²) >= 11 is 0. The van der Waals surface area contributed by atoms with E-state index in [9.17, 15) is 14.4 Å². The van der Waals surface area contributed by atoms with E-state index in [2.05, 4.69) is 5.32 Å². The van der Waals surface area contributed by atoms with E-state index in [0.29, 0.717) is 12.1 Å². The fourth-order valence-electron chi connectivity index (χ4n) is 2.57. The van der Waals surface area contributed by atoms with Gasteiger partial charge in [-0.2, -0.15) is 0 Å². The Hall–Kier alpha value is -2.41. The molecular formula is C18H27N3O4. The lowest BCUT2D eigenvalue weighted by Crippen LogP contribution is -2.56. The van der Waals surface area contributed by atoms with Crippen LogP contribution in [0.1, 0.15) is 34.1 Å². The fraction of sp³-hybridized carbons (Fsp3) is 0.500. The Bertz CT molecular complexity index is 604. The minimum Gasteiger partial charge on any atom is -0.480 e. The van der Waals surface area contributed by atoms with E-state index in [4.69, 9.17) is 10.8 Å². The van der Waals surface area contributed by atoms with Gasteiger partial charge in [-0.15, -0.1) is 0 Å². The molecule has 0 unspecified atom stereocenters. The highest BCUT2D eigenvalue weighted by molar-refractivity contribution is 6.03. The number of primary amides is 1. The van der Waals surface area contributed by atoms with Gasteiger partial charge in [0.05, 0.1) is 6.04 Å². The molecule has 0 aliphatic rings. The number of carboxylic acids is 1. The van der Waals surface area contributed by atoms with Gasteiger partial charge in [-0.3, -0.25) is 24.6 Å². The molecule has 3 atom stereocenters. The monoisotopic (exact) mass is 349 g/mol. The number of anilines is 1. The average molecular weight is 349 g/mol. The van der Waals surface area contributed by atoms with E-state index in [0.717, 1.165) is 0 Å². The molecule has 25 heavy (non-hydrogen) atoms. The Balaban J connectivity index is 3.19. The summed E-state index contributed by atoms with van der Waals surface area (Å²) in [6.07, 6.45) is 0.414. The van der Waals surface area contributed by atoms with Gasteiger partial charge in [0.25, 0.3) is 0 Å². The minimum absolute atomic E-state index is 0.151. The lowest BCUT2D eigenvalue weighted by molar-refractivity contribution is -0.139. The van der Waals surface area contributed by atoms with Crippen LogP contribution >= 0.6 is 0 Å². The summed E-state index contributed by atoms with van der Waals surface area (Å²) < 4.78 is 0. The molecule has 0 saturated heterocycles. The second kappa shape index (κ2) is 9.17. The molecule has 138 valence electrons. The zero-order valence-electron chi connectivity index (χ0n) is 15.1. The van der Waals surface area contributed by atoms with Gasteiger partial charge >= 0.3 is 5.97 Å². The predicted octanol–water partition coefficient (Wildman–Crippen LogP) is 1.37. The number of aliphatic carboxylic acids is 1. The number of benzene rings is 1. The lowest BCUT2D eigenvalue weighted by Gasteiger charge is -2.33. The third-order valence-electron chi connectivity index (χ3n) is 3.85. The second-order valence-corrected chi connectivity index (χ2v) is 6.54. The standard InChI is InChI=1S/C18H27N3O4/c1-11(2)10-15(16(19)22)21(14-8-6-5-7-9-14)17(23)12(3)20-13(4)18(24)25/h5-9,11-13,15,20H,10H2,1-4H3,(H2,19,22)(H,24,25)/t12-,13-,15+/m1/s1. The molecule has 1 aromatic rings. The van der Waals surface area contributed by atoms with Crippen LogP contribution < -0.4 is 16.0 Å². The number of carbonyl (C=O) groups excluding carboxylic acids is 2. The maximum Gasteiger partial charge on any atom is 0.320 e. The highest BCUT2D eigenvalue weighted by atomic mass is 16.4. The van der Waals surface area contributed by atoms with E-state index in [-0.39, 0.29) is 5.92 Å². The first-order chi connectivity index (χ1) is 11.6. The van der Waals surface area contributed by atoms with Gasteiger partial charge < -0.3 is 10.8 Å². The molecule has 0 bridgehead atoms. The number of carboxylic acid groups (broad SMARTS) is 1. The van der Waals surface area contributed by atoms with Crippen molar-refractivity contribution in [3.8, 4) is 0 Å². The van der Waals surface area contributed by atoms with Crippen LogP contribution in [0.5, 0.6) is 0 Å². The summed E-state index contributed by atoms with van der Waals surface area (Å²) in [4.78, 5) is 37.4. The van der Waals surface area contributed by atoms with Gasteiger partial charge in [0.1, 0.15) is 12.1 Å². The Kier molecular flexibility index (Phi) is 7.57. The van der Waals surface area contributed by atoms with Crippen molar-refractivity contribution in [3.05, 3.63) is 30.3 Å². The number of nitrogens with zero attached hydrogens (tertiary/aromatic N) is 1. The number of amides is 2. The van der Waals surface area contributed by atoms with Gasteiger partial charge in [0.15, 0.2) is 0 Å². The topological polar surface area (TPSA) is 113 Å². The number of rotatable bonds is 9. The lowest BCUT2D eigenvalue weighted by atomic mass is 10.00. The van der Waals surface area contributed by atoms with E-state index in [1.165, 1.54) is 11.8 Å². The van der Waals surface area contributed by atoms with Crippen molar-refractivity contribution in [2.75, 3.05) is 4.90 Å². The largest absolute Gasteiger partial charge is 0.480 e. The first-order valence-electron chi connectivity index (χ1n) is 8.31. The third kappa shape index (κ3) is 5.86. The van der Waals surface area contributed by atoms with Crippen molar-refractivity contribution in [3.63, 3.8) is 0 Å². The van der Waals surface area contributed by atoms with Crippen LogP contribution in [-0.4, -0.2) is 41.0 Å². The summed E-state index contributed by atoms with van der Waals surface area (Å²) in [6, 6.07) is 6.29. The van der Waals surface area contributed by atoms with Crippen LogP contribution in [0, 0.1) is 5.92 Å². The smallest absolute Gasteiger partial charge is 0.320 e. The SMILES string of the molecule is CC(C)C[C@@H](C(N)=O)N(C(=O)[C@@H](C)N[C@H](C)C(=O)O)c1ccccc1. The zero-order chi connectivity index (χ0) is 19.1. The van der Waals surface area contributed by atoms with Gasteiger partial charge in [-0.05, 0) is 38.3 Å². The van der Waals surface area contributed by atoms with Crippen molar-refractivity contribution in [2.24, 2.45) is 11.7 Å². The molecule has 0 radical (unpaired) electrons. The van der Waals surface area contributed by atoms with E-state index < -0.39 is 35.9 Å². The normalized spacial score (nSPS) is 14.6. The Morgan fingerprint density at radius 2 is 1.64 bits per heavy atom. The van der Waals surface area contributed by atoms with E-state index >= 15 is 0 Å². The molecule has 7 nitrogen and oxygen atoms in total. The highest BCUT2D eigenvalue weighted by Crippen LogP contribution is 2.22. The summed E-state index contributed by atoms with van der Waals surface area (Å²) in [5, 5.41) is 11.8. The van der Waals surface area contributed by atoms with Crippen molar-refractivity contribution in [2.45, 2.75) is 52.2 Å². The van der Waals surface area contributed by atoms with Gasteiger partial charge in [-0.25, -0.2) is 0 Å². The number of carbonyl (C=O) groups is 3. The second-order valence-electron chi connectivity index (χ2n) is 6.54. The molecule has 2 amide bonds. The van der Waals surface area contributed by atoms with Gasteiger partial charge in [-0.1, -0.05) is 32.0 Å². The molecule has 1 aromatic carbocycles. The van der Waals surface area contributed by atoms with Crippen LogP contribution in [-0.2, 0) is 14.4 Å². The van der Waals surface area contributed by atoms with Crippen LogP contribution in [0.25, 0.3) is 0 Å². The molecule has 0 aliphatic carbocycles. The van der Waals surface area contributed by atoms with Crippen LogP contribution in [0.4, 0.5) is 5.69 Å². The number of para-hydroxylation sites is 1. The Labute approximate surface area is 148 Å². The first kappa shape index (κ1) is 20.6. The molecule has 4 N–H and O–H groups in total. The number of hydrogen-bond donors (Lipinski definition) is 3. The summed E-state index contributed by atoms with van der Waals surface area (Å²) in [5.74, 6) is -1.90. The molecule has 0 saturated carbocycles. The van der Waals surface area contributed by atoms with Crippen LogP contribution in [0.3, 0.4) is 0 Å². The molecular weight excluding hydrogens is 322 g/mol. The molecule has 7 heteroatoms. The Morgan fingerprint density at radius 3 is 2.08 bits per heavy atom. The first-order valence-corrected chi connectivity index (χ1v) is 8.31. The zero-order valence-corrected chi connectivity index (χ0v) is 15.1. The molecule has 0 aromatic heterocycles. The number of nitrogens with one attached hydrogen (secondary N) is 1. The molecule has 0 aliphatic heterocycles. The van der Waals surface area contributed by atoms with Crippen molar-refractivity contribution < 1.29 is 19.5 Å². The van der Waals surface area contributed by atoms with Gasteiger partial charge in [0, 0.05) is 5.69 Å². The Morgan fingerprint density at radius 1 is 1.08 bits per heavy atom. The third-order valence-corrected chi connectivity index (χ3v) is 3.85. The van der Waals surface area contributed by atoms with E-state index in [1.807, 2.05) is 19.9 Å². The van der Waals surface area contributed by atoms with Crippen molar-refractivity contribution >= 4 is 23.5 Å². The number of nitrogens with two attached hydrogens (primary N) is 1. The fourth-order valence-corrected chi connectivity index (χ4v) is 2.57. The summed E-state index contributed by atoms with van der Waals surface area (Å²) in [5.41, 5.74) is 6.11. The average Bonchev–Trinajstić information content (AvgIpc) is 2.54.